The zero-order chi connectivity index (χ0) is 16.5. The van der Waals surface area contributed by atoms with E-state index in [1.807, 2.05) is 42.1 Å². The molecule has 1 fully saturated rings. The second-order valence-electron chi connectivity index (χ2n) is 6.62. The van der Waals surface area contributed by atoms with E-state index in [1.165, 1.54) is 17.7 Å². The molecule has 2 aromatic heterocycles. The van der Waals surface area contributed by atoms with Crippen LogP contribution in [-0.4, -0.2) is 14.8 Å². The van der Waals surface area contributed by atoms with Crippen molar-refractivity contribution in [2.24, 2.45) is 5.92 Å². The fourth-order valence-electron chi connectivity index (χ4n) is 3.10. The van der Waals surface area contributed by atoms with E-state index in [-0.39, 0.29) is 0 Å². The van der Waals surface area contributed by atoms with Crippen molar-refractivity contribution in [3.63, 3.8) is 0 Å². The summed E-state index contributed by atoms with van der Waals surface area (Å²) in [5, 5.41) is 8.41. The monoisotopic (exact) mass is 318 g/mol. The van der Waals surface area contributed by atoms with Gasteiger partial charge < -0.3 is 5.32 Å². The van der Waals surface area contributed by atoms with Crippen LogP contribution in [0.25, 0.3) is 5.69 Å². The Kier molecular flexibility index (Phi) is 3.81. The van der Waals surface area contributed by atoms with Crippen molar-refractivity contribution in [1.82, 2.24) is 14.8 Å². The van der Waals surface area contributed by atoms with E-state index in [4.69, 9.17) is 5.10 Å². The van der Waals surface area contributed by atoms with Gasteiger partial charge in [-0.2, -0.15) is 5.10 Å². The van der Waals surface area contributed by atoms with Crippen molar-refractivity contribution in [3.05, 3.63) is 71.7 Å². The molecule has 2 heterocycles. The summed E-state index contributed by atoms with van der Waals surface area (Å²) in [6.07, 6.45) is 3.08. The lowest BCUT2D eigenvalue weighted by Crippen LogP contribution is -2.07. The average Bonchev–Trinajstić information content (AvgIpc) is 3.19. The molecule has 1 saturated carbocycles. The van der Waals surface area contributed by atoms with Crippen LogP contribution in [0.1, 0.15) is 36.2 Å². The average molecular weight is 318 g/mol. The van der Waals surface area contributed by atoms with Gasteiger partial charge in [-0.1, -0.05) is 31.2 Å². The number of benzene rings is 1. The van der Waals surface area contributed by atoms with Gasteiger partial charge in [0, 0.05) is 30.4 Å². The molecule has 1 aliphatic carbocycles. The normalized spacial score (nSPS) is 19.2. The maximum atomic E-state index is 4.87. The molecule has 0 radical (unpaired) electrons. The molecule has 0 unspecified atom stereocenters. The highest BCUT2D eigenvalue weighted by atomic mass is 15.3. The molecule has 0 bridgehead atoms. The predicted molar refractivity (Wildman–Crippen MR) is 96.4 cm³/mol. The molecule has 1 aromatic carbocycles. The van der Waals surface area contributed by atoms with Crippen LogP contribution in [-0.2, 0) is 6.54 Å². The van der Waals surface area contributed by atoms with Crippen LogP contribution in [0.3, 0.4) is 0 Å². The van der Waals surface area contributed by atoms with Crippen LogP contribution >= 0.6 is 0 Å². The van der Waals surface area contributed by atoms with Gasteiger partial charge in [-0.05, 0) is 43.0 Å². The van der Waals surface area contributed by atoms with E-state index in [1.54, 1.807) is 0 Å². The first-order valence-corrected chi connectivity index (χ1v) is 8.52. The Balaban J connectivity index is 1.63. The fraction of sp³-hybridized carbons (Fsp3) is 0.300. The highest BCUT2D eigenvalue weighted by Crippen LogP contribution is 2.47. The fourth-order valence-corrected chi connectivity index (χ4v) is 3.10. The summed E-state index contributed by atoms with van der Waals surface area (Å²) in [6.45, 7) is 5.08. The maximum Gasteiger partial charge on any atom is 0.130 e. The van der Waals surface area contributed by atoms with Crippen molar-refractivity contribution in [2.45, 2.75) is 32.7 Å². The number of para-hydroxylation sites is 1. The number of rotatable bonds is 5. The third-order valence-electron chi connectivity index (χ3n) is 4.79. The number of anilines is 1. The standard InChI is InChI=1S/C20H22N4/c1-14-11-18(14)19-12-20(22-13-16-7-6-10-21-15(16)2)24(23-19)17-8-4-3-5-9-17/h3-10,12,14,18,22H,11,13H2,1-2H3/t14-,18+/m1/s1. The van der Waals surface area contributed by atoms with Crippen LogP contribution in [0, 0.1) is 12.8 Å². The van der Waals surface area contributed by atoms with Gasteiger partial charge in [0.15, 0.2) is 0 Å². The van der Waals surface area contributed by atoms with E-state index in [0.717, 1.165) is 29.7 Å². The molecule has 4 nitrogen and oxygen atoms in total. The predicted octanol–water partition coefficient (Wildman–Crippen LogP) is 4.31. The first-order chi connectivity index (χ1) is 11.7. The van der Waals surface area contributed by atoms with Crippen molar-refractivity contribution in [2.75, 3.05) is 5.32 Å². The number of nitrogens with one attached hydrogen (secondary N) is 1. The molecule has 0 aliphatic heterocycles. The molecule has 1 aliphatic rings. The van der Waals surface area contributed by atoms with E-state index in [2.05, 4.69) is 41.5 Å². The number of nitrogens with zero attached hydrogens (tertiary/aromatic N) is 3. The first-order valence-electron chi connectivity index (χ1n) is 8.52. The maximum absolute atomic E-state index is 4.87. The molecule has 0 amide bonds. The summed E-state index contributed by atoms with van der Waals surface area (Å²) in [7, 11) is 0. The smallest absolute Gasteiger partial charge is 0.130 e. The molecule has 4 heteroatoms. The van der Waals surface area contributed by atoms with Crippen molar-refractivity contribution < 1.29 is 0 Å². The number of pyridine rings is 1. The van der Waals surface area contributed by atoms with E-state index < -0.39 is 0 Å². The van der Waals surface area contributed by atoms with Gasteiger partial charge in [0.2, 0.25) is 0 Å². The molecule has 3 aromatic rings. The van der Waals surface area contributed by atoms with Crippen LogP contribution in [0.2, 0.25) is 0 Å². The van der Waals surface area contributed by atoms with Crippen LogP contribution in [0.5, 0.6) is 0 Å². The Hall–Kier alpha value is -2.62. The highest BCUT2D eigenvalue weighted by molar-refractivity contribution is 5.48. The van der Waals surface area contributed by atoms with Gasteiger partial charge in [-0.25, -0.2) is 4.68 Å². The molecule has 24 heavy (non-hydrogen) atoms. The Bertz CT molecular complexity index is 838. The first kappa shape index (κ1) is 14.9. The molecule has 0 spiro atoms. The zero-order valence-electron chi connectivity index (χ0n) is 14.1. The molecule has 4 rings (SSSR count). The lowest BCUT2D eigenvalue weighted by atomic mass is 10.2. The quantitative estimate of drug-likeness (QED) is 0.762. The Morgan fingerprint density at radius 1 is 1.17 bits per heavy atom. The van der Waals surface area contributed by atoms with Crippen LogP contribution in [0.4, 0.5) is 5.82 Å². The minimum absolute atomic E-state index is 0.607. The highest BCUT2D eigenvalue weighted by Gasteiger charge is 2.36. The summed E-state index contributed by atoms with van der Waals surface area (Å²) in [6, 6.07) is 16.6. The summed E-state index contributed by atoms with van der Waals surface area (Å²) in [5.41, 5.74) is 4.55. The molecule has 122 valence electrons. The third kappa shape index (κ3) is 2.92. The minimum Gasteiger partial charge on any atom is -0.366 e. The number of hydrogen-bond donors (Lipinski definition) is 1. The largest absolute Gasteiger partial charge is 0.366 e. The third-order valence-corrected chi connectivity index (χ3v) is 4.79. The topological polar surface area (TPSA) is 42.7 Å². The number of aromatic nitrogens is 3. The van der Waals surface area contributed by atoms with Gasteiger partial charge in [-0.15, -0.1) is 0 Å². The van der Waals surface area contributed by atoms with E-state index in [9.17, 15) is 0 Å². The summed E-state index contributed by atoms with van der Waals surface area (Å²) in [5.74, 6) is 2.40. The Morgan fingerprint density at radius 3 is 2.67 bits per heavy atom. The van der Waals surface area contributed by atoms with Gasteiger partial charge in [-0.3, -0.25) is 4.98 Å². The summed E-state index contributed by atoms with van der Waals surface area (Å²) >= 11 is 0. The lowest BCUT2D eigenvalue weighted by Gasteiger charge is -2.10. The second kappa shape index (κ2) is 6.11. The Labute approximate surface area is 142 Å². The lowest BCUT2D eigenvalue weighted by molar-refractivity contribution is 0.810. The molecule has 1 N–H and O–H groups in total. The number of aryl methyl sites for hydroxylation is 1. The van der Waals surface area contributed by atoms with E-state index >= 15 is 0 Å². The number of hydrogen-bond acceptors (Lipinski definition) is 3. The minimum atomic E-state index is 0.607. The van der Waals surface area contributed by atoms with Crippen LogP contribution < -0.4 is 5.32 Å². The molecular formula is C20H22N4. The molecular weight excluding hydrogens is 296 g/mol. The second-order valence-corrected chi connectivity index (χ2v) is 6.62. The van der Waals surface area contributed by atoms with Crippen molar-refractivity contribution >= 4 is 5.82 Å². The zero-order valence-corrected chi connectivity index (χ0v) is 14.1. The van der Waals surface area contributed by atoms with Gasteiger partial charge in [0.05, 0.1) is 11.4 Å². The van der Waals surface area contributed by atoms with Gasteiger partial charge in [0.1, 0.15) is 5.82 Å². The molecule has 2 atom stereocenters. The van der Waals surface area contributed by atoms with Crippen molar-refractivity contribution in [3.8, 4) is 5.69 Å². The van der Waals surface area contributed by atoms with Crippen LogP contribution in [0.15, 0.2) is 54.7 Å². The molecule has 0 saturated heterocycles. The SMILES string of the molecule is Cc1ncccc1CNc1cc([C@H]2C[C@H]2C)nn1-c1ccccc1. The summed E-state index contributed by atoms with van der Waals surface area (Å²) in [4.78, 5) is 4.36. The Morgan fingerprint density at radius 2 is 1.96 bits per heavy atom. The van der Waals surface area contributed by atoms with E-state index in [0.29, 0.717) is 5.92 Å². The summed E-state index contributed by atoms with van der Waals surface area (Å²) < 4.78 is 2.02. The van der Waals surface area contributed by atoms with Gasteiger partial charge >= 0.3 is 0 Å². The van der Waals surface area contributed by atoms with Crippen molar-refractivity contribution in [1.29, 1.82) is 0 Å². The van der Waals surface area contributed by atoms with Gasteiger partial charge in [0.25, 0.3) is 0 Å².